The number of nitrogens with zero attached hydrogens (tertiary/aromatic N) is 2. The van der Waals surface area contributed by atoms with Gasteiger partial charge in [-0.2, -0.15) is 0 Å². The normalized spacial score (nSPS) is 15.6. The van der Waals surface area contributed by atoms with Crippen molar-refractivity contribution in [1.29, 1.82) is 0 Å². The quantitative estimate of drug-likeness (QED) is 0.351. The molecule has 5 rings (SSSR count). The number of thiophene rings is 1. The molecule has 0 aliphatic carbocycles. The maximum Gasteiger partial charge on any atom is 0.290 e. The van der Waals surface area contributed by atoms with Crippen LogP contribution in [0.4, 0.5) is 0 Å². The van der Waals surface area contributed by atoms with E-state index < -0.39 is 17.7 Å². The lowest BCUT2D eigenvalue weighted by molar-refractivity contribution is -0.130. The van der Waals surface area contributed by atoms with Crippen LogP contribution in [0.25, 0.3) is 0 Å². The number of aromatic nitrogens is 1. The van der Waals surface area contributed by atoms with Crippen LogP contribution in [0, 0.1) is 0 Å². The molecule has 1 N–H and O–H groups in total. The second kappa shape index (κ2) is 9.33. The van der Waals surface area contributed by atoms with Gasteiger partial charge in [0.15, 0.2) is 5.76 Å². The van der Waals surface area contributed by atoms with E-state index >= 15 is 0 Å². The molecule has 7 heteroatoms. The molecule has 168 valence electrons. The van der Waals surface area contributed by atoms with E-state index in [0.29, 0.717) is 21.9 Å². The Morgan fingerprint density at radius 2 is 1.82 bits per heavy atom. The molecule has 1 aliphatic heterocycles. The van der Waals surface area contributed by atoms with Crippen molar-refractivity contribution in [3.05, 3.63) is 124 Å². The highest BCUT2D eigenvalue weighted by Gasteiger charge is 2.44. The highest BCUT2D eigenvalue weighted by Crippen LogP contribution is 2.41. The second-order valence-corrected chi connectivity index (χ2v) is 8.70. The zero-order valence-electron chi connectivity index (χ0n) is 18.0. The number of benzene rings is 2. The molecule has 2 aromatic heterocycles. The topological polar surface area (TPSA) is 79.7 Å². The van der Waals surface area contributed by atoms with E-state index in [0.717, 1.165) is 5.56 Å². The van der Waals surface area contributed by atoms with Gasteiger partial charge in [0.2, 0.25) is 5.78 Å². The number of hydrogen-bond acceptors (Lipinski definition) is 6. The lowest BCUT2D eigenvalue weighted by Gasteiger charge is -2.27. The summed E-state index contributed by atoms with van der Waals surface area (Å²) in [5.41, 5.74) is 1.51. The first-order valence-corrected chi connectivity index (χ1v) is 11.5. The Kier molecular flexibility index (Phi) is 5.93. The predicted octanol–water partition coefficient (Wildman–Crippen LogP) is 5.71. The molecule has 3 heterocycles. The fraction of sp³-hybridized carbons (Fsp3) is 0.0741. The van der Waals surface area contributed by atoms with E-state index in [9.17, 15) is 14.7 Å². The van der Waals surface area contributed by atoms with Crippen molar-refractivity contribution in [1.82, 2.24) is 9.88 Å². The van der Waals surface area contributed by atoms with Crippen molar-refractivity contribution >= 4 is 23.0 Å². The van der Waals surface area contributed by atoms with E-state index in [1.807, 2.05) is 54.6 Å². The third-order valence-electron chi connectivity index (χ3n) is 5.52. The third-order valence-corrected chi connectivity index (χ3v) is 6.39. The lowest BCUT2D eigenvalue weighted by Crippen LogP contribution is -2.30. The van der Waals surface area contributed by atoms with Gasteiger partial charge in [0.05, 0.1) is 16.5 Å². The van der Waals surface area contributed by atoms with E-state index in [4.69, 9.17) is 4.74 Å². The van der Waals surface area contributed by atoms with E-state index in [2.05, 4.69) is 4.98 Å². The van der Waals surface area contributed by atoms with Crippen molar-refractivity contribution in [3.63, 3.8) is 0 Å². The second-order valence-electron chi connectivity index (χ2n) is 7.75. The zero-order chi connectivity index (χ0) is 23.5. The van der Waals surface area contributed by atoms with E-state index in [1.54, 1.807) is 42.0 Å². The van der Waals surface area contributed by atoms with Gasteiger partial charge in [-0.25, -0.2) is 0 Å². The Labute approximate surface area is 200 Å². The highest BCUT2D eigenvalue weighted by atomic mass is 32.1. The standard InChI is InChI=1S/C27H20N2O4S/c30-25(22-12-6-14-34-22)23-24(29(27(32)26(23)31)17-18-7-5-13-28-16-18)19-8-4-11-21(15-19)33-20-9-2-1-3-10-20/h1-16,24,31H,17H2/t24-/m1/s1. The Bertz CT molecular complexity index is 1350. The molecule has 1 aliphatic rings. The Balaban J connectivity index is 1.56. The Morgan fingerprint density at radius 3 is 2.56 bits per heavy atom. The summed E-state index contributed by atoms with van der Waals surface area (Å²) in [7, 11) is 0. The molecule has 1 atom stereocenters. The van der Waals surface area contributed by atoms with Crippen molar-refractivity contribution in [2.45, 2.75) is 12.6 Å². The monoisotopic (exact) mass is 468 g/mol. The van der Waals surface area contributed by atoms with Gasteiger partial charge in [0.1, 0.15) is 11.5 Å². The SMILES string of the molecule is O=C(C1=C(O)C(=O)N(Cc2cccnc2)[C@@H]1c1cccc(Oc2ccccc2)c1)c1cccs1. The Morgan fingerprint density at radius 1 is 1.00 bits per heavy atom. The number of aliphatic hydroxyl groups is 1. The number of para-hydroxylation sites is 1. The van der Waals surface area contributed by atoms with E-state index in [1.165, 1.54) is 16.2 Å². The van der Waals surface area contributed by atoms with Crippen LogP contribution in [0.5, 0.6) is 11.5 Å². The fourth-order valence-corrected chi connectivity index (χ4v) is 4.67. The van der Waals surface area contributed by atoms with Gasteiger partial charge in [-0.15, -0.1) is 11.3 Å². The molecule has 6 nitrogen and oxygen atoms in total. The molecular formula is C27H20N2O4S. The van der Waals surface area contributed by atoms with Gasteiger partial charge in [0, 0.05) is 18.9 Å². The molecule has 34 heavy (non-hydrogen) atoms. The van der Waals surface area contributed by atoms with Crippen LogP contribution in [0.1, 0.15) is 26.8 Å². The summed E-state index contributed by atoms with van der Waals surface area (Å²) >= 11 is 1.27. The van der Waals surface area contributed by atoms with Gasteiger partial charge in [-0.05, 0) is 52.9 Å². The number of carbonyl (C=O) groups is 2. The smallest absolute Gasteiger partial charge is 0.290 e. The van der Waals surface area contributed by atoms with Gasteiger partial charge >= 0.3 is 0 Å². The van der Waals surface area contributed by atoms with Crippen LogP contribution in [-0.2, 0) is 11.3 Å². The molecule has 0 fully saturated rings. The minimum Gasteiger partial charge on any atom is -0.503 e. The number of ether oxygens (including phenoxy) is 1. The number of pyridine rings is 1. The molecular weight excluding hydrogens is 448 g/mol. The third kappa shape index (κ3) is 4.21. The van der Waals surface area contributed by atoms with Crippen LogP contribution in [0.2, 0.25) is 0 Å². The van der Waals surface area contributed by atoms with Crippen LogP contribution in [0.15, 0.2) is 108 Å². The first-order valence-electron chi connectivity index (χ1n) is 10.7. The predicted molar refractivity (Wildman–Crippen MR) is 129 cm³/mol. The molecule has 0 unspecified atom stereocenters. The van der Waals surface area contributed by atoms with Gasteiger partial charge < -0.3 is 14.7 Å². The number of carbonyl (C=O) groups excluding carboxylic acids is 2. The fourth-order valence-electron chi connectivity index (χ4n) is 4.00. The molecule has 0 radical (unpaired) electrons. The molecule has 0 spiro atoms. The number of hydrogen-bond donors (Lipinski definition) is 1. The summed E-state index contributed by atoms with van der Waals surface area (Å²) in [4.78, 5) is 32.6. The highest BCUT2D eigenvalue weighted by molar-refractivity contribution is 7.12. The Hall–Kier alpha value is -4.23. The summed E-state index contributed by atoms with van der Waals surface area (Å²) < 4.78 is 5.98. The average molecular weight is 469 g/mol. The first kappa shape index (κ1) is 21.6. The maximum absolute atomic E-state index is 13.4. The number of rotatable bonds is 7. The summed E-state index contributed by atoms with van der Waals surface area (Å²) in [5.74, 6) is -0.256. The van der Waals surface area contributed by atoms with Gasteiger partial charge in [0.25, 0.3) is 5.91 Å². The zero-order valence-corrected chi connectivity index (χ0v) is 18.8. The number of amides is 1. The van der Waals surface area contributed by atoms with Crippen LogP contribution in [0.3, 0.4) is 0 Å². The molecule has 1 amide bonds. The summed E-state index contributed by atoms with van der Waals surface area (Å²) in [6.07, 6.45) is 3.31. The molecule has 0 saturated heterocycles. The van der Waals surface area contributed by atoms with Crippen LogP contribution >= 0.6 is 11.3 Å². The van der Waals surface area contributed by atoms with Gasteiger partial charge in [-0.3, -0.25) is 14.6 Å². The lowest BCUT2D eigenvalue weighted by atomic mass is 9.95. The largest absolute Gasteiger partial charge is 0.503 e. The number of Topliss-reactive ketones (excluding diaryl/α,β-unsaturated/α-hetero) is 1. The van der Waals surface area contributed by atoms with Gasteiger partial charge in [-0.1, -0.05) is 42.5 Å². The first-order chi connectivity index (χ1) is 16.6. The molecule has 4 aromatic rings. The van der Waals surface area contributed by atoms with E-state index in [-0.39, 0.29) is 17.9 Å². The number of ketones is 1. The molecule has 0 saturated carbocycles. The average Bonchev–Trinajstić information content (AvgIpc) is 3.49. The maximum atomic E-state index is 13.4. The summed E-state index contributed by atoms with van der Waals surface area (Å²) in [5, 5.41) is 12.6. The summed E-state index contributed by atoms with van der Waals surface area (Å²) in [6.45, 7) is 0.187. The van der Waals surface area contributed by atoms with Crippen molar-refractivity contribution in [2.24, 2.45) is 0 Å². The van der Waals surface area contributed by atoms with Crippen molar-refractivity contribution in [2.75, 3.05) is 0 Å². The van der Waals surface area contributed by atoms with Crippen LogP contribution in [-0.4, -0.2) is 26.7 Å². The molecule has 2 aromatic carbocycles. The minimum atomic E-state index is -0.776. The van der Waals surface area contributed by atoms with Crippen molar-refractivity contribution in [3.8, 4) is 11.5 Å². The summed E-state index contributed by atoms with van der Waals surface area (Å²) in [6, 6.07) is 22.9. The number of aliphatic hydroxyl groups excluding tert-OH is 1. The molecule has 0 bridgehead atoms. The minimum absolute atomic E-state index is 0.0631. The van der Waals surface area contributed by atoms with Crippen LogP contribution < -0.4 is 4.74 Å². The van der Waals surface area contributed by atoms with Crippen molar-refractivity contribution < 1.29 is 19.4 Å².